The third-order valence-electron chi connectivity index (χ3n) is 4.86. The van der Waals surface area contributed by atoms with E-state index in [2.05, 4.69) is 20.8 Å². The standard InChI is InChI=1S/C21H28ClO5PSi/c1-21(2,3)29(18-11-7-5-8-12-18,19-13-9-6-10-14-19)27-17(15-20(23)24)16-28(22,25)26-4/h5-14,17H,15-16H2,1-4H3,(H,23,24)/t17-,28?/m0/s1. The van der Waals surface area contributed by atoms with E-state index in [0.717, 1.165) is 10.4 Å². The lowest BCUT2D eigenvalue weighted by Gasteiger charge is -2.45. The highest BCUT2D eigenvalue weighted by atomic mass is 35.7. The van der Waals surface area contributed by atoms with Crippen LogP contribution in [0.25, 0.3) is 0 Å². The molecule has 0 aliphatic carbocycles. The van der Waals surface area contributed by atoms with Crippen LogP contribution in [0.2, 0.25) is 5.04 Å². The van der Waals surface area contributed by atoms with Gasteiger partial charge in [-0.3, -0.25) is 9.36 Å². The van der Waals surface area contributed by atoms with Gasteiger partial charge in [0.1, 0.15) is 0 Å². The van der Waals surface area contributed by atoms with Crippen molar-refractivity contribution >= 4 is 42.6 Å². The molecule has 0 heterocycles. The number of hydrogen-bond acceptors (Lipinski definition) is 4. The van der Waals surface area contributed by atoms with Crippen molar-refractivity contribution in [1.82, 2.24) is 0 Å². The van der Waals surface area contributed by atoms with Crippen molar-refractivity contribution in [3.05, 3.63) is 60.7 Å². The van der Waals surface area contributed by atoms with E-state index < -0.39 is 27.1 Å². The van der Waals surface area contributed by atoms with Gasteiger partial charge in [0.2, 0.25) is 0 Å². The van der Waals surface area contributed by atoms with Crippen LogP contribution in [0.15, 0.2) is 60.7 Å². The lowest BCUT2D eigenvalue weighted by Crippen LogP contribution is -2.68. The number of rotatable bonds is 9. The van der Waals surface area contributed by atoms with Crippen LogP contribution in [0.3, 0.4) is 0 Å². The number of carbonyl (C=O) groups is 1. The molecule has 0 fully saturated rings. The Hall–Kier alpha value is -1.43. The average molecular weight is 455 g/mol. The van der Waals surface area contributed by atoms with Gasteiger partial charge in [-0.2, -0.15) is 0 Å². The van der Waals surface area contributed by atoms with E-state index in [9.17, 15) is 14.5 Å². The fourth-order valence-corrected chi connectivity index (χ4v) is 9.72. The molecule has 2 aromatic carbocycles. The summed E-state index contributed by atoms with van der Waals surface area (Å²) >= 11 is 6.01. The van der Waals surface area contributed by atoms with E-state index in [1.165, 1.54) is 7.11 Å². The first-order valence-electron chi connectivity index (χ1n) is 9.37. The maximum absolute atomic E-state index is 12.5. The predicted molar refractivity (Wildman–Crippen MR) is 120 cm³/mol. The summed E-state index contributed by atoms with van der Waals surface area (Å²) in [6.07, 6.45) is -1.35. The fourth-order valence-electron chi connectivity index (χ4n) is 3.60. The second kappa shape index (κ2) is 9.58. The quantitative estimate of drug-likeness (QED) is 0.446. The zero-order valence-corrected chi connectivity index (χ0v) is 19.8. The van der Waals surface area contributed by atoms with Crippen molar-refractivity contribution in [2.45, 2.75) is 38.3 Å². The van der Waals surface area contributed by atoms with E-state index in [1.54, 1.807) is 0 Å². The van der Waals surface area contributed by atoms with Crippen LogP contribution in [-0.2, 0) is 18.3 Å². The van der Waals surface area contributed by atoms with Gasteiger partial charge in [-0.25, -0.2) is 0 Å². The molecular formula is C21H28ClO5PSi. The van der Waals surface area contributed by atoms with E-state index >= 15 is 0 Å². The lowest BCUT2D eigenvalue weighted by molar-refractivity contribution is -0.138. The molecule has 0 radical (unpaired) electrons. The summed E-state index contributed by atoms with van der Waals surface area (Å²) in [7, 11) is -1.73. The number of carboxylic acids is 1. The summed E-state index contributed by atoms with van der Waals surface area (Å²) in [5.74, 6) is -1.04. The van der Waals surface area contributed by atoms with Crippen LogP contribution in [-0.4, -0.2) is 38.8 Å². The first kappa shape index (κ1) is 23.8. The van der Waals surface area contributed by atoms with Crippen molar-refractivity contribution in [1.29, 1.82) is 0 Å². The number of halogens is 1. The van der Waals surface area contributed by atoms with E-state index in [4.69, 9.17) is 20.2 Å². The molecular weight excluding hydrogens is 427 g/mol. The molecule has 0 spiro atoms. The highest BCUT2D eigenvalue weighted by Crippen LogP contribution is 2.53. The highest BCUT2D eigenvalue weighted by molar-refractivity contribution is 7.85. The van der Waals surface area contributed by atoms with Crippen LogP contribution in [0, 0.1) is 0 Å². The van der Waals surface area contributed by atoms with Gasteiger partial charge < -0.3 is 14.1 Å². The molecule has 0 aromatic heterocycles. The summed E-state index contributed by atoms with van der Waals surface area (Å²) in [6, 6.07) is 19.7. The Labute approximate surface area is 178 Å². The fraction of sp³-hybridized carbons (Fsp3) is 0.381. The molecule has 0 aliphatic rings. The Kier molecular flexibility index (Phi) is 7.88. The zero-order valence-electron chi connectivity index (χ0n) is 17.2. The van der Waals surface area contributed by atoms with Crippen LogP contribution in [0.1, 0.15) is 27.2 Å². The molecule has 158 valence electrons. The Balaban J connectivity index is 2.68. The number of carboxylic acid groups (broad SMARTS) is 1. The lowest BCUT2D eigenvalue weighted by atomic mass is 10.2. The summed E-state index contributed by atoms with van der Waals surface area (Å²) in [6.45, 7) is 2.77. The normalized spacial score (nSPS) is 15.5. The van der Waals surface area contributed by atoms with Gasteiger partial charge in [-0.1, -0.05) is 81.4 Å². The topological polar surface area (TPSA) is 72.8 Å². The van der Waals surface area contributed by atoms with Crippen molar-refractivity contribution in [2.24, 2.45) is 0 Å². The number of aliphatic carboxylic acids is 1. The molecule has 0 bridgehead atoms. The van der Waals surface area contributed by atoms with Crippen molar-refractivity contribution in [3.8, 4) is 0 Å². The van der Waals surface area contributed by atoms with Crippen LogP contribution >= 0.6 is 18.0 Å². The Morgan fingerprint density at radius 3 is 1.86 bits per heavy atom. The second-order valence-electron chi connectivity index (χ2n) is 7.96. The summed E-state index contributed by atoms with van der Waals surface area (Å²) in [5.41, 5.74) is 0. The molecule has 0 saturated carbocycles. The monoisotopic (exact) mass is 454 g/mol. The molecule has 2 atom stereocenters. The Bertz CT molecular complexity index is 815. The summed E-state index contributed by atoms with van der Waals surface area (Å²) in [5, 5.41) is 11.1. The SMILES string of the molecule is COP(=O)(Cl)C[C@H](CC(=O)O)O[Si](c1ccccc1)(c1ccccc1)C(C)(C)C. The maximum Gasteiger partial charge on any atom is 0.305 e. The molecule has 2 aromatic rings. The van der Waals surface area contributed by atoms with Gasteiger partial charge in [-0.05, 0) is 26.7 Å². The third-order valence-corrected chi connectivity index (χ3v) is 12.2. The summed E-state index contributed by atoms with van der Waals surface area (Å²) < 4.78 is 24.1. The Morgan fingerprint density at radius 1 is 1.07 bits per heavy atom. The third kappa shape index (κ3) is 5.80. The van der Waals surface area contributed by atoms with E-state index in [0.29, 0.717) is 0 Å². The molecule has 0 amide bonds. The maximum atomic E-state index is 12.5. The van der Waals surface area contributed by atoms with Crippen LogP contribution < -0.4 is 10.4 Å². The first-order chi connectivity index (χ1) is 13.5. The van der Waals surface area contributed by atoms with Gasteiger partial charge >= 0.3 is 5.97 Å². The minimum atomic E-state index is -3.50. The van der Waals surface area contributed by atoms with Crippen LogP contribution in [0.5, 0.6) is 0 Å². The molecule has 1 N–H and O–H groups in total. The minimum absolute atomic E-state index is 0.179. The number of benzene rings is 2. The molecule has 5 nitrogen and oxygen atoms in total. The molecule has 1 unspecified atom stereocenters. The first-order valence-corrected chi connectivity index (χ1v) is 14.0. The van der Waals surface area contributed by atoms with Crippen molar-refractivity contribution in [3.63, 3.8) is 0 Å². The Morgan fingerprint density at radius 2 is 1.52 bits per heavy atom. The predicted octanol–water partition coefficient (Wildman–Crippen LogP) is 4.48. The van der Waals surface area contributed by atoms with Gasteiger partial charge in [-0.15, -0.1) is 0 Å². The zero-order chi connectivity index (χ0) is 21.7. The molecule has 2 rings (SSSR count). The minimum Gasteiger partial charge on any atom is -0.481 e. The molecule has 0 aliphatic heterocycles. The molecule has 8 heteroatoms. The largest absolute Gasteiger partial charge is 0.481 e. The van der Waals surface area contributed by atoms with Crippen molar-refractivity contribution in [2.75, 3.05) is 13.3 Å². The van der Waals surface area contributed by atoms with Gasteiger partial charge in [0.15, 0.2) is 0 Å². The number of hydrogen-bond donors (Lipinski definition) is 1. The average Bonchev–Trinajstić information content (AvgIpc) is 2.65. The van der Waals surface area contributed by atoms with E-state index in [-0.39, 0.29) is 17.6 Å². The van der Waals surface area contributed by atoms with Crippen LogP contribution in [0.4, 0.5) is 0 Å². The molecule has 0 saturated heterocycles. The highest BCUT2D eigenvalue weighted by Gasteiger charge is 2.52. The van der Waals surface area contributed by atoms with E-state index in [1.807, 2.05) is 60.7 Å². The van der Waals surface area contributed by atoms with Crippen molar-refractivity contribution < 1.29 is 23.4 Å². The van der Waals surface area contributed by atoms with Gasteiger partial charge in [0.25, 0.3) is 15.0 Å². The second-order valence-corrected chi connectivity index (χ2v) is 15.7. The molecule has 29 heavy (non-hydrogen) atoms. The smallest absolute Gasteiger partial charge is 0.305 e. The summed E-state index contributed by atoms with van der Waals surface area (Å²) in [4.78, 5) is 11.6. The van der Waals surface area contributed by atoms with Gasteiger partial charge in [0.05, 0.1) is 18.7 Å². The van der Waals surface area contributed by atoms with Gasteiger partial charge in [0, 0.05) is 7.11 Å².